The van der Waals surface area contributed by atoms with Crippen LogP contribution in [0.3, 0.4) is 0 Å². The van der Waals surface area contributed by atoms with E-state index in [1.807, 2.05) is 0 Å². The zero-order chi connectivity index (χ0) is 69.3. The Morgan fingerprint density at radius 3 is 0.723 bits per heavy atom. The number of phosphoric acid groups is 2. The lowest BCUT2D eigenvalue weighted by Crippen LogP contribution is -2.30. The van der Waals surface area contributed by atoms with Crippen LogP contribution in [0.25, 0.3) is 0 Å². The molecule has 0 aliphatic heterocycles. The van der Waals surface area contributed by atoms with E-state index in [9.17, 15) is 43.2 Å². The van der Waals surface area contributed by atoms with Crippen LogP contribution in [0.15, 0.2) is 0 Å². The van der Waals surface area contributed by atoms with Crippen LogP contribution in [0.5, 0.6) is 0 Å². The summed E-state index contributed by atoms with van der Waals surface area (Å²) >= 11 is 0. The van der Waals surface area contributed by atoms with Gasteiger partial charge in [-0.1, -0.05) is 337 Å². The lowest BCUT2D eigenvalue weighted by atomic mass is 10.0. The molecule has 0 saturated carbocycles. The molecule has 0 aromatic heterocycles. The van der Waals surface area contributed by atoms with Gasteiger partial charge >= 0.3 is 39.5 Å². The second-order valence-corrected chi connectivity index (χ2v) is 30.9. The quantitative estimate of drug-likeness (QED) is 0.0222. The van der Waals surface area contributed by atoms with E-state index >= 15 is 0 Å². The minimum Gasteiger partial charge on any atom is -0.462 e. The molecule has 0 aromatic rings. The molecule has 0 saturated heterocycles. The van der Waals surface area contributed by atoms with Crippen molar-refractivity contribution in [2.24, 2.45) is 11.8 Å². The Morgan fingerprint density at radius 2 is 0.489 bits per heavy atom. The zero-order valence-electron chi connectivity index (χ0n) is 61.3. The Bertz CT molecular complexity index is 1820. The smallest absolute Gasteiger partial charge is 0.462 e. The first-order valence-corrected chi connectivity index (χ1v) is 42.0. The van der Waals surface area contributed by atoms with Gasteiger partial charge in [-0.3, -0.25) is 37.3 Å². The highest BCUT2D eigenvalue weighted by molar-refractivity contribution is 7.47. The first kappa shape index (κ1) is 92.1. The van der Waals surface area contributed by atoms with Gasteiger partial charge in [0, 0.05) is 25.7 Å². The molecule has 558 valence electrons. The fourth-order valence-electron chi connectivity index (χ4n) is 11.5. The van der Waals surface area contributed by atoms with Crippen LogP contribution < -0.4 is 0 Å². The highest BCUT2D eigenvalue weighted by Gasteiger charge is 2.30. The van der Waals surface area contributed by atoms with Crippen LogP contribution in [0.2, 0.25) is 0 Å². The highest BCUT2D eigenvalue weighted by Crippen LogP contribution is 2.45. The summed E-state index contributed by atoms with van der Waals surface area (Å²) in [5.41, 5.74) is 0. The number of unbranched alkanes of at least 4 members (excludes halogenated alkanes) is 44. The third-order valence-electron chi connectivity index (χ3n) is 17.5. The number of aliphatic hydroxyl groups excluding tert-OH is 1. The van der Waals surface area contributed by atoms with Gasteiger partial charge in [-0.15, -0.1) is 0 Å². The van der Waals surface area contributed by atoms with E-state index < -0.39 is 97.5 Å². The Hall–Kier alpha value is -1.94. The van der Waals surface area contributed by atoms with Gasteiger partial charge in [0.1, 0.15) is 19.3 Å². The molecule has 2 unspecified atom stereocenters. The fourth-order valence-corrected chi connectivity index (χ4v) is 13.1. The minimum atomic E-state index is -4.96. The monoisotopic (exact) mass is 1380 g/mol. The number of hydrogen-bond donors (Lipinski definition) is 3. The van der Waals surface area contributed by atoms with Crippen LogP contribution >= 0.6 is 15.6 Å². The summed E-state index contributed by atoms with van der Waals surface area (Å²) in [6.07, 6.45) is 54.5. The van der Waals surface area contributed by atoms with Crippen molar-refractivity contribution in [3.05, 3.63) is 0 Å². The van der Waals surface area contributed by atoms with E-state index in [0.717, 1.165) is 102 Å². The minimum absolute atomic E-state index is 0.103. The van der Waals surface area contributed by atoms with Crippen molar-refractivity contribution in [1.82, 2.24) is 0 Å². The van der Waals surface area contributed by atoms with Crippen LogP contribution in [-0.4, -0.2) is 96.7 Å². The van der Waals surface area contributed by atoms with Crippen LogP contribution in [0, 0.1) is 11.8 Å². The lowest BCUT2D eigenvalue weighted by Gasteiger charge is -2.21. The van der Waals surface area contributed by atoms with Gasteiger partial charge in [0.15, 0.2) is 12.2 Å². The number of rotatable bonds is 74. The molecular weight excluding hydrogens is 1230 g/mol. The van der Waals surface area contributed by atoms with Crippen molar-refractivity contribution >= 4 is 39.5 Å². The van der Waals surface area contributed by atoms with Gasteiger partial charge in [-0.25, -0.2) is 9.13 Å². The van der Waals surface area contributed by atoms with Crippen molar-refractivity contribution in [1.29, 1.82) is 0 Å². The Kier molecular flexibility index (Phi) is 65.5. The van der Waals surface area contributed by atoms with Gasteiger partial charge < -0.3 is 33.8 Å². The molecule has 0 aromatic carbocycles. The summed E-state index contributed by atoms with van der Waals surface area (Å²) in [5, 5.41) is 10.6. The van der Waals surface area contributed by atoms with Crippen molar-refractivity contribution in [2.75, 3.05) is 39.6 Å². The van der Waals surface area contributed by atoms with Gasteiger partial charge in [-0.2, -0.15) is 0 Å². The summed E-state index contributed by atoms with van der Waals surface area (Å²) in [6.45, 7) is 9.49. The molecule has 0 aliphatic rings. The highest BCUT2D eigenvalue weighted by atomic mass is 31.2. The van der Waals surface area contributed by atoms with Crippen molar-refractivity contribution in [2.45, 2.75) is 407 Å². The predicted molar refractivity (Wildman–Crippen MR) is 381 cm³/mol. The topological polar surface area (TPSA) is 237 Å². The molecule has 0 aliphatic carbocycles. The summed E-state index contributed by atoms with van der Waals surface area (Å²) in [5.74, 6) is -0.657. The van der Waals surface area contributed by atoms with Gasteiger partial charge in [0.05, 0.1) is 26.4 Å². The largest absolute Gasteiger partial charge is 0.472 e. The molecule has 0 spiro atoms. The molecule has 17 nitrogen and oxygen atoms in total. The standard InChI is InChI=1S/C75H146O17P2/c1-7-9-11-13-15-17-18-19-20-21-22-23-24-25-26-27-28-31-35-41-47-53-59-74(79)91-70(64-86-73(78)58-52-46-40-34-32-29-30-33-37-43-49-55-67(3)4)65-89-93(81,82)87-61-69(76)62-88-94(83,84)90-66-71(63-85-72(77)57-51-45-39-16-14-12-10-8-2)92-75(80)60-54-48-42-36-38-44-50-56-68(5)6/h67-71,76H,7-66H2,1-6H3,(H,81,82)(H,83,84)/t69-,70-,71-/m1/s1. The number of ether oxygens (including phenoxy) is 4. The number of hydrogen-bond acceptors (Lipinski definition) is 15. The molecule has 0 amide bonds. The van der Waals surface area contributed by atoms with E-state index in [1.165, 1.54) is 199 Å². The first-order chi connectivity index (χ1) is 45.4. The second-order valence-electron chi connectivity index (χ2n) is 28.0. The molecule has 0 heterocycles. The Morgan fingerprint density at radius 1 is 0.287 bits per heavy atom. The van der Waals surface area contributed by atoms with Crippen molar-refractivity contribution in [3.63, 3.8) is 0 Å². The molecule has 19 heteroatoms. The van der Waals surface area contributed by atoms with E-state index in [2.05, 4.69) is 41.5 Å². The maximum absolute atomic E-state index is 13.1. The lowest BCUT2D eigenvalue weighted by molar-refractivity contribution is -0.161. The maximum atomic E-state index is 13.1. The van der Waals surface area contributed by atoms with Crippen LogP contribution in [-0.2, 0) is 65.4 Å². The number of esters is 4. The van der Waals surface area contributed by atoms with E-state index in [-0.39, 0.29) is 25.7 Å². The SMILES string of the molecule is CCCCCCCCCCCCCCCCCCCCCCCCC(=O)O[C@H](COC(=O)CCCCCCCCCCCCCC(C)C)COP(=O)(O)OC[C@@H](O)COP(=O)(O)OC[C@@H](COC(=O)CCCCCCCCCC)OC(=O)CCCCCCCCCC(C)C. The third-order valence-corrected chi connectivity index (χ3v) is 19.4. The normalized spacial score (nSPS) is 14.0. The van der Waals surface area contributed by atoms with E-state index in [1.54, 1.807) is 0 Å². The predicted octanol–water partition coefficient (Wildman–Crippen LogP) is 21.9. The molecule has 0 radical (unpaired) electrons. The van der Waals surface area contributed by atoms with E-state index in [0.29, 0.717) is 31.6 Å². The number of carbonyl (C=O) groups excluding carboxylic acids is 4. The molecule has 94 heavy (non-hydrogen) atoms. The van der Waals surface area contributed by atoms with Gasteiger partial charge in [0.25, 0.3) is 0 Å². The molecule has 0 rings (SSSR count). The summed E-state index contributed by atoms with van der Waals surface area (Å²) in [4.78, 5) is 72.6. The maximum Gasteiger partial charge on any atom is 0.472 e. The molecule has 0 fully saturated rings. The summed E-state index contributed by atoms with van der Waals surface area (Å²) in [6, 6.07) is 0. The van der Waals surface area contributed by atoms with Crippen LogP contribution in [0.1, 0.15) is 388 Å². The third kappa shape index (κ3) is 68.6. The average Bonchev–Trinajstić information content (AvgIpc) is 1.51. The molecule has 0 bridgehead atoms. The second kappa shape index (κ2) is 66.9. The zero-order valence-corrected chi connectivity index (χ0v) is 63.1. The summed E-state index contributed by atoms with van der Waals surface area (Å²) in [7, 11) is -9.90. The van der Waals surface area contributed by atoms with Gasteiger partial charge in [0.2, 0.25) is 0 Å². The number of aliphatic hydroxyl groups is 1. The van der Waals surface area contributed by atoms with Crippen molar-refractivity contribution < 1.29 is 80.2 Å². The number of phosphoric ester groups is 2. The molecule has 5 atom stereocenters. The molecular formula is C75H146O17P2. The fraction of sp³-hybridized carbons (Fsp3) is 0.947. The Labute approximate surface area is 575 Å². The van der Waals surface area contributed by atoms with E-state index in [4.69, 9.17) is 37.0 Å². The summed E-state index contributed by atoms with van der Waals surface area (Å²) < 4.78 is 68.3. The number of carbonyl (C=O) groups is 4. The Balaban J connectivity index is 5.15. The van der Waals surface area contributed by atoms with Crippen LogP contribution in [0.4, 0.5) is 0 Å². The van der Waals surface area contributed by atoms with Crippen molar-refractivity contribution in [3.8, 4) is 0 Å². The average molecular weight is 1380 g/mol. The first-order valence-electron chi connectivity index (χ1n) is 39.0. The van der Waals surface area contributed by atoms with Gasteiger partial charge in [-0.05, 0) is 37.5 Å². The molecule has 3 N–H and O–H groups in total.